The molecule has 21 heavy (non-hydrogen) atoms. The molecule has 0 saturated carbocycles. The molecular weight excluding hydrogens is 266 g/mol. The van der Waals surface area contributed by atoms with Gasteiger partial charge in [0.15, 0.2) is 0 Å². The van der Waals surface area contributed by atoms with Crippen molar-refractivity contribution in [3.05, 3.63) is 11.9 Å². The van der Waals surface area contributed by atoms with E-state index in [9.17, 15) is 4.79 Å². The maximum absolute atomic E-state index is 11.3. The number of hydrogen-bond donors (Lipinski definition) is 2. The normalized spacial score (nSPS) is 11.6. The van der Waals surface area contributed by atoms with Crippen molar-refractivity contribution in [2.45, 2.75) is 40.0 Å². The second-order valence-electron chi connectivity index (χ2n) is 6.68. The minimum atomic E-state index is -0.363. The number of primary amides is 1. The maximum atomic E-state index is 11.3. The standard InChI is InChI=1S/C15H27N5O/c1-10(2)8-20(9-11(16)21)13-7-12(17-6)18-14(19-13)15(3,4)5/h7,10H,8-9H2,1-6H3,(H2,16,21)(H,17,18,19). The van der Waals surface area contributed by atoms with Crippen LogP contribution >= 0.6 is 0 Å². The highest BCUT2D eigenvalue weighted by molar-refractivity contribution is 5.79. The van der Waals surface area contributed by atoms with Crippen LogP contribution in [-0.2, 0) is 10.2 Å². The molecule has 1 heterocycles. The van der Waals surface area contributed by atoms with E-state index in [2.05, 4.69) is 49.9 Å². The lowest BCUT2D eigenvalue weighted by Gasteiger charge is -2.26. The van der Waals surface area contributed by atoms with E-state index in [-0.39, 0.29) is 17.9 Å². The second kappa shape index (κ2) is 6.74. The van der Waals surface area contributed by atoms with E-state index in [0.717, 1.165) is 17.5 Å². The number of amides is 1. The number of nitrogens with zero attached hydrogens (tertiary/aromatic N) is 3. The van der Waals surface area contributed by atoms with Crippen molar-refractivity contribution in [3.63, 3.8) is 0 Å². The van der Waals surface area contributed by atoms with Crippen molar-refractivity contribution in [2.24, 2.45) is 11.7 Å². The highest BCUT2D eigenvalue weighted by Crippen LogP contribution is 2.24. The number of rotatable bonds is 6. The first-order chi connectivity index (χ1) is 9.63. The molecule has 0 aliphatic rings. The van der Waals surface area contributed by atoms with E-state index >= 15 is 0 Å². The number of aromatic nitrogens is 2. The van der Waals surface area contributed by atoms with Crippen LogP contribution in [0.1, 0.15) is 40.4 Å². The van der Waals surface area contributed by atoms with Crippen molar-refractivity contribution < 1.29 is 4.79 Å². The van der Waals surface area contributed by atoms with Gasteiger partial charge in [-0.3, -0.25) is 4.79 Å². The van der Waals surface area contributed by atoms with Crippen molar-refractivity contribution >= 4 is 17.5 Å². The Morgan fingerprint density at radius 2 is 2.00 bits per heavy atom. The number of nitrogens with two attached hydrogens (primary N) is 1. The molecule has 6 nitrogen and oxygen atoms in total. The Kier molecular flexibility index (Phi) is 5.52. The fraction of sp³-hybridized carbons (Fsp3) is 0.667. The monoisotopic (exact) mass is 293 g/mol. The highest BCUT2D eigenvalue weighted by atomic mass is 16.1. The smallest absolute Gasteiger partial charge is 0.236 e. The Labute approximate surface area is 127 Å². The molecule has 118 valence electrons. The summed E-state index contributed by atoms with van der Waals surface area (Å²) in [5.74, 6) is 2.24. The molecule has 1 amide bonds. The zero-order valence-electron chi connectivity index (χ0n) is 13.9. The molecule has 0 aromatic carbocycles. The van der Waals surface area contributed by atoms with Crippen molar-refractivity contribution in [1.29, 1.82) is 0 Å². The van der Waals surface area contributed by atoms with Gasteiger partial charge in [-0.15, -0.1) is 0 Å². The van der Waals surface area contributed by atoms with Crippen LogP contribution < -0.4 is 16.0 Å². The summed E-state index contributed by atoms with van der Waals surface area (Å²) in [7, 11) is 1.82. The molecule has 1 aromatic rings. The summed E-state index contributed by atoms with van der Waals surface area (Å²) in [6.45, 7) is 11.2. The molecule has 0 atom stereocenters. The topological polar surface area (TPSA) is 84.1 Å². The molecule has 6 heteroatoms. The Bertz CT molecular complexity index is 493. The Balaban J connectivity index is 3.25. The quantitative estimate of drug-likeness (QED) is 0.835. The summed E-state index contributed by atoms with van der Waals surface area (Å²) in [5.41, 5.74) is 5.19. The van der Waals surface area contributed by atoms with Crippen LogP contribution in [0, 0.1) is 5.92 Å². The van der Waals surface area contributed by atoms with E-state index in [0.29, 0.717) is 12.5 Å². The first kappa shape index (κ1) is 17.2. The SMILES string of the molecule is CNc1cc(N(CC(N)=O)CC(C)C)nc(C(C)(C)C)n1. The van der Waals surface area contributed by atoms with Gasteiger partial charge in [0.1, 0.15) is 17.5 Å². The highest BCUT2D eigenvalue weighted by Gasteiger charge is 2.21. The minimum absolute atomic E-state index is 0.155. The van der Waals surface area contributed by atoms with Crippen LogP contribution in [-0.4, -0.2) is 36.0 Å². The fourth-order valence-corrected chi connectivity index (χ4v) is 1.93. The number of hydrogen-bond acceptors (Lipinski definition) is 5. The third kappa shape index (κ3) is 5.21. The molecule has 0 spiro atoms. The third-order valence-electron chi connectivity index (χ3n) is 2.90. The lowest BCUT2D eigenvalue weighted by atomic mass is 9.96. The number of carbonyl (C=O) groups excluding carboxylic acids is 1. The van der Waals surface area contributed by atoms with Gasteiger partial charge in [0.25, 0.3) is 0 Å². The molecule has 0 fully saturated rings. The molecule has 1 aromatic heterocycles. The Hall–Kier alpha value is -1.85. The van der Waals surface area contributed by atoms with Crippen LogP contribution in [0.3, 0.4) is 0 Å². The molecule has 0 aliphatic heterocycles. The summed E-state index contributed by atoms with van der Waals surface area (Å²) in [6, 6.07) is 1.85. The predicted octanol–water partition coefficient (Wildman–Crippen LogP) is 1.76. The average Bonchev–Trinajstić information content (AvgIpc) is 2.35. The van der Waals surface area contributed by atoms with E-state index < -0.39 is 0 Å². The van der Waals surface area contributed by atoms with Crippen LogP contribution in [0.15, 0.2) is 6.07 Å². The number of carbonyl (C=O) groups is 1. The molecule has 0 bridgehead atoms. The minimum Gasteiger partial charge on any atom is -0.373 e. The third-order valence-corrected chi connectivity index (χ3v) is 2.90. The first-order valence-corrected chi connectivity index (χ1v) is 7.24. The molecular formula is C15H27N5O. The summed E-state index contributed by atoms with van der Waals surface area (Å²) >= 11 is 0. The van der Waals surface area contributed by atoms with Gasteiger partial charge >= 0.3 is 0 Å². The largest absolute Gasteiger partial charge is 0.373 e. The van der Waals surface area contributed by atoms with Crippen LogP contribution in [0.2, 0.25) is 0 Å². The van der Waals surface area contributed by atoms with Crippen LogP contribution in [0.4, 0.5) is 11.6 Å². The average molecular weight is 293 g/mol. The number of anilines is 2. The van der Waals surface area contributed by atoms with Crippen LogP contribution in [0.5, 0.6) is 0 Å². The molecule has 0 saturated heterocycles. The fourth-order valence-electron chi connectivity index (χ4n) is 1.93. The summed E-state index contributed by atoms with van der Waals surface area (Å²) < 4.78 is 0. The molecule has 0 radical (unpaired) electrons. The molecule has 0 aliphatic carbocycles. The summed E-state index contributed by atoms with van der Waals surface area (Å²) in [4.78, 5) is 22.4. The maximum Gasteiger partial charge on any atom is 0.236 e. The van der Waals surface area contributed by atoms with Crippen molar-refractivity contribution in [2.75, 3.05) is 30.4 Å². The van der Waals surface area contributed by atoms with Gasteiger partial charge in [-0.25, -0.2) is 9.97 Å². The van der Waals surface area contributed by atoms with Gasteiger partial charge in [0.05, 0.1) is 6.54 Å². The van der Waals surface area contributed by atoms with E-state index in [4.69, 9.17) is 5.73 Å². The Morgan fingerprint density at radius 3 is 2.43 bits per heavy atom. The van der Waals surface area contributed by atoms with Gasteiger partial charge in [0, 0.05) is 25.1 Å². The van der Waals surface area contributed by atoms with Gasteiger partial charge in [-0.2, -0.15) is 0 Å². The summed E-state index contributed by atoms with van der Waals surface area (Å²) in [6.07, 6.45) is 0. The van der Waals surface area contributed by atoms with Gasteiger partial charge in [-0.05, 0) is 5.92 Å². The van der Waals surface area contributed by atoms with Gasteiger partial charge in [0.2, 0.25) is 5.91 Å². The predicted molar refractivity (Wildman–Crippen MR) is 86.5 cm³/mol. The molecule has 0 unspecified atom stereocenters. The molecule has 1 rings (SSSR count). The van der Waals surface area contributed by atoms with Gasteiger partial charge < -0.3 is 16.0 Å². The van der Waals surface area contributed by atoms with Crippen molar-refractivity contribution in [1.82, 2.24) is 9.97 Å². The van der Waals surface area contributed by atoms with E-state index in [1.165, 1.54) is 0 Å². The zero-order valence-corrected chi connectivity index (χ0v) is 13.9. The second-order valence-corrected chi connectivity index (χ2v) is 6.68. The lowest BCUT2D eigenvalue weighted by molar-refractivity contribution is -0.116. The zero-order chi connectivity index (χ0) is 16.2. The molecule has 3 N–H and O–H groups in total. The van der Waals surface area contributed by atoms with Crippen molar-refractivity contribution in [3.8, 4) is 0 Å². The lowest BCUT2D eigenvalue weighted by Crippen LogP contribution is -2.37. The number of nitrogens with one attached hydrogen (secondary N) is 1. The van der Waals surface area contributed by atoms with Gasteiger partial charge in [-0.1, -0.05) is 34.6 Å². The first-order valence-electron chi connectivity index (χ1n) is 7.24. The van der Waals surface area contributed by atoms with Crippen LogP contribution in [0.25, 0.3) is 0 Å². The Morgan fingerprint density at radius 1 is 1.38 bits per heavy atom. The van der Waals surface area contributed by atoms with E-state index in [1.807, 2.05) is 18.0 Å². The summed E-state index contributed by atoms with van der Waals surface area (Å²) in [5, 5.41) is 3.05. The van der Waals surface area contributed by atoms with E-state index in [1.54, 1.807) is 0 Å².